The number of nitrogens with zero attached hydrogens (tertiary/aromatic N) is 2. The Hall–Kier alpha value is -1.72. The minimum atomic E-state index is -0.430. The van der Waals surface area contributed by atoms with Gasteiger partial charge in [0.1, 0.15) is 0 Å². The van der Waals surface area contributed by atoms with Crippen LogP contribution in [0, 0.1) is 0 Å². The molecule has 2 rings (SSSR count). The normalized spacial score (nSPS) is 20.8. The zero-order valence-corrected chi connectivity index (χ0v) is 9.98. The number of hydrogen-bond donors (Lipinski definition) is 2. The fourth-order valence-corrected chi connectivity index (χ4v) is 2.00. The Morgan fingerprint density at radius 1 is 1.24 bits per heavy atom. The molecule has 0 aromatic heterocycles. The first-order chi connectivity index (χ1) is 8.24. The summed E-state index contributed by atoms with van der Waals surface area (Å²) in [6.07, 6.45) is 5.15. The summed E-state index contributed by atoms with van der Waals surface area (Å²) in [5, 5.41) is 5.96. The molecule has 0 unspecified atom stereocenters. The Kier molecular flexibility index (Phi) is 3.51. The highest BCUT2D eigenvalue weighted by molar-refractivity contribution is 6.35. The summed E-state index contributed by atoms with van der Waals surface area (Å²) in [5.41, 5.74) is 0. The molecule has 2 heterocycles. The van der Waals surface area contributed by atoms with Crippen molar-refractivity contribution in [3.8, 4) is 0 Å². The molecule has 1 saturated heterocycles. The molecule has 0 saturated carbocycles. The Labute approximate surface area is 101 Å². The molecule has 0 atom stereocenters. The summed E-state index contributed by atoms with van der Waals surface area (Å²) in [6.45, 7) is 3.93. The number of hydrogen-bond acceptors (Lipinski definition) is 4. The zero-order chi connectivity index (χ0) is 12.3. The van der Waals surface area contributed by atoms with Gasteiger partial charge >= 0.3 is 11.8 Å². The van der Waals surface area contributed by atoms with E-state index in [1.54, 1.807) is 17.3 Å². The van der Waals surface area contributed by atoms with Crippen molar-refractivity contribution in [1.29, 1.82) is 0 Å². The van der Waals surface area contributed by atoms with Crippen molar-refractivity contribution in [2.45, 2.75) is 26.1 Å². The molecule has 6 nitrogen and oxygen atoms in total. The van der Waals surface area contributed by atoms with Gasteiger partial charge in [-0.3, -0.25) is 14.5 Å². The summed E-state index contributed by atoms with van der Waals surface area (Å²) in [4.78, 5) is 26.9. The fraction of sp³-hybridized carbons (Fsp3) is 0.636. The first-order valence-electron chi connectivity index (χ1n) is 6.01. The molecule has 6 heteroatoms. The highest BCUT2D eigenvalue weighted by atomic mass is 16.2. The maximum Gasteiger partial charge on any atom is 0.315 e. The summed E-state index contributed by atoms with van der Waals surface area (Å²) in [5.74, 6) is -0.818. The van der Waals surface area contributed by atoms with Gasteiger partial charge in [0.2, 0.25) is 0 Å². The highest BCUT2D eigenvalue weighted by Crippen LogP contribution is 2.09. The van der Waals surface area contributed by atoms with E-state index in [2.05, 4.69) is 17.6 Å². The molecule has 2 aliphatic rings. The Morgan fingerprint density at radius 2 is 1.94 bits per heavy atom. The summed E-state index contributed by atoms with van der Waals surface area (Å²) in [7, 11) is 0. The average molecular weight is 238 g/mol. The molecule has 0 bridgehead atoms. The second kappa shape index (κ2) is 5.07. The van der Waals surface area contributed by atoms with E-state index < -0.39 is 5.91 Å². The molecule has 0 radical (unpaired) electrons. The quantitative estimate of drug-likeness (QED) is 0.642. The summed E-state index contributed by atoms with van der Waals surface area (Å²) < 4.78 is 0. The molecule has 1 fully saturated rings. The van der Waals surface area contributed by atoms with Crippen LogP contribution in [-0.2, 0) is 9.59 Å². The standard InChI is InChI=1S/C11H18N4O2/c1-2-3-6-14-7-8-15(10(17)9(14)16)11-12-4-5-13-11/h4-5,11-13H,2-3,6-8H2,1H3. The minimum absolute atomic E-state index is 0.278. The monoisotopic (exact) mass is 238 g/mol. The third-order valence-corrected chi connectivity index (χ3v) is 3.03. The third kappa shape index (κ3) is 2.35. The molecule has 0 aromatic carbocycles. The van der Waals surface area contributed by atoms with Crippen LogP contribution in [0.5, 0.6) is 0 Å². The Morgan fingerprint density at radius 3 is 2.59 bits per heavy atom. The van der Waals surface area contributed by atoms with E-state index in [1.165, 1.54) is 4.90 Å². The lowest BCUT2D eigenvalue weighted by atomic mass is 10.2. The van der Waals surface area contributed by atoms with E-state index in [4.69, 9.17) is 0 Å². The van der Waals surface area contributed by atoms with Crippen LogP contribution < -0.4 is 10.6 Å². The van der Waals surface area contributed by atoms with Gasteiger partial charge in [-0.1, -0.05) is 13.3 Å². The lowest BCUT2D eigenvalue weighted by molar-refractivity contribution is -0.158. The van der Waals surface area contributed by atoms with Gasteiger partial charge in [0, 0.05) is 32.0 Å². The van der Waals surface area contributed by atoms with Gasteiger partial charge in [0.05, 0.1) is 0 Å². The van der Waals surface area contributed by atoms with Crippen LogP contribution in [-0.4, -0.2) is 47.5 Å². The second-order valence-corrected chi connectivity index (χ2v) is 4.21. The molecule has 94 valence electrons. The molecular formula is C11H18N4O2. The third-order valence-electron chi connectivity index (χ3n) is 3.03. The van der Waals surface area contributed by atoms with Crippen molar-refractivity contribution >= 4 is 11.8 Å². The van der Waals surface area contributed by atoms with Crippen LogP contribution in [0.25, 0.3) is 0 Å². The average Bonchev–Trinajstić information content (AvgIpc) is 2.85. The number of carbonyl (C=O) groups excluding carboxylic acids is 2. The van der Waals surface area contributed by atoms with E-state index in [9.17, 15) is 9.59 Å². The SMILES string of the molecule is CCCCN1CCN(C2NC=CN2)C(=O)C1=O. The first kappa shape index (κ1) is 11.8. The lowest BCUT2D eigenvalue weighted by Crippen LogP contribution is -2.61. The van der Waals surface area contributed by atoms with Crippen molar-refractivity contribution in [1.82, 2.24) is 20.4 Å². The van der Waals surface area contributed by atoms with Gasteiger partial charge in [-0.05, 0) is 6.42 Å². The van der Waals surface area contributed by atoms with Crippen molar-refractivity contribution in [2.24, 2.45) is 0 Å². The molecule has 2 N–H and O–H groups in total. The number of amides is 2. The number of piperazine rings is 1. The topological polar surface area (TPSA) is 64.7 Å². The van der Waals surface area contributed by atoms with Gasteiger partial charge in [0.15, 0.2) is 6.29 Å². The molecule has 0 aromatic rings. The van der Waals surface area contributed by atoms with Crippen LogP contribution >= 0.6 is 0 Å². The summed E-state index contributed by atoms with van der Waals surface area (Å²) >= 11 is 0. The van der Waals surface area contributed by atoms with Gasteiger partial charge in [-0.15, -0.1) is 0 Å². The van der Waals surface area contributed by atoms with E-state index in [1.807, 2.05) is 0 Å². The number of rotatable bonds is 4. The van der Waals surface area contributed by atoms with Crippen LogP contribution in [0.15, 0.2) is 12.4 Å². The molecular weight excluding hydrogens is 220 g/mol. The number of nitrogens with one attached hydrogen (secondary N) is 2. The molecule has 0 spiro atoms. The maximum atomic E-state index is 11.9. The van der Waals surface area contributed by atoms with Gasteiger partial charge in [0.25, 0.3) is 0 Å². The number of unbranched alkanes of at least 4 members (excludes halogenated alkanes) is 1. The largest absolute Gasteiger partial charge is 0.353 e. The van der Waals surface area contributed by atoms with Crippen LogP contribution in [0.3, 0.4) is 0 Å². The van der Waals surface area contributed by atoms with Crippen LogP contribution in [0.4, 0.5) is 0 Å². The second-order valence-electron chi connectivity index (χ2n) is 4.21. The van der Waals surface area contributed by atoms with Gasteiger partial charge < -0.3 is 15.5 Å². The fourth-order valence-electron chi connectivity index (χ4n) is 2.00. The van der Waals surface area contributed by atoms with E-state index >= 15 is 0 Å². The van der Waals surface area contributed by atoms with E-state index in [-0.39, 0.29) is 12.2 Å². The van der Waals surface area contributed by atoms with Crippen molar-refractivity contribution in [2.75, 3.05) is 19.6 Å². The lowest BCUT2D eigenvalue weighted by Gasteiger charge is -2.36. The van der Waals surface area contributed by atoms with E-state index in [0.717, 1.165) is 12.8 Å². The predicted molar refractivity (Wildman–Crippen MR) is 62.4 cm³/mol. The highest BCUT2D eigenvalue weighted by Gasteiger charge is 2.36. The molecule has 2 amide bonds. The number of carbonyl (C=O) groups is 2. The van der Waals surface area contributed by atoms with Crippen molar-refractivity contribution < 1.29 is 9.59 Å². The van der Waals surface area contributed by atoms with Crippen molar-refractivity contribution in [3.63, 3.8) is 0 Å². The van der Waals surface area contributed by atoms with Gasteiger partial charge in [-0.25, -0.2) is 0 Å². The first-order valence-corrected chi connectivity index (χ1v) is 6.01. The predicted octanol–water partition coefficient (Wildman–Crippen LogP) is -0.595. The smallest absolute Gasteiger partial charge is 0.315 e. The van der Waals surface area contributed by atoms with Crippen LogP contribution in [0.2, 0.25) is 0 Å². The molecule has 0 aliphatic carbocycles. The molecule has 2 aliphatic heterocycles. The van der Waals surface area contributed by atoms with Crippen LogP contribution in [0.1, 0.15) is 19.8 Å². The zero-order valence-electron chi connectivity index (χ0n) is 9.98. The van der Waals surface area contributed by atoms with Gasteiger partial charge in [-0.2, -0.15) is 0 Å². The molecule has 17 heavy (non-hydrogen) atoms. The minimum Gasteiger partial charge on any atom is -0.353 e. The maximum absolute atomic E-state index is 11.9. The Balaban J connectivity index is 1.93. The van der Waals surface area contributed by atoms with Crippen molar-refractivity contribution in [3.05, 3.63) is 12.4 Å². The summed E-state index contributed by atoms with van der Waals surface area (Å²) in [6, 6.07) is 0. The Bertz CT molecular complexity index is 334. The van der Waals surface area contributed by atoms with E-state index in [0.29, 0.717) is 19.6 Å².